The van der Waals surface area contributed by atoms with Crippen LogP contribution in [0, 0.1) is 5.82 Å². The van der Waals surface area contributed by atoms with Crippen LogP contribution in [0.3, 0.4) is 0 Å². The number of hydrogen-bond acceptors (Lipinski definition) is 4. The van der Waals surface area contributed by atoms with Crippen molar-refractivity contribution in [3.63, 3.8) is 0 Å². The molecule has 1 N–H and O–H groups in total. The molecule has 4 rings (SSSR count). The molecule has 1 unspecified atom stereocenters. The number of carbonyl (C=O) groups excluding carboxylic acids is 1. The van der Waals surface area contributed by atoms with Crippen molar-refractivity contribution in [2.24, 2.45) is 0 Å². The minimum Gasteiger partial charge on any atom is -0.342 e. The molecule has 0 radical (unpaired) electrons. The van der Waals surface area contributed by atoms with E-state index in [9.17, 15) is 9.18 Å². The summed E-state index contributed by atoms with van der Waals surface area (Å²) in [5.74, 6) is 0.864. The van der Waals surface area contributed by atoms with Crippen molar-refractivity contribution in [1.29, 1.82) is 0 Å². The van der Waals surface area contributed by atoms with Gasteiger partial charge in [0, 0.05) is 56.0 Å². The van der Waals surface area contributed by atoms with Gasteiger partial charge in [0.15, 0.2) is 0 Å². The summed E-state index contributed by atoms with van der Waals surface area (Å²) in [4.78, 5) is 23.6. The maximum absolute atomic E-state index is 13.0. The third-order valence-electron chi connectivity index (χ3n) is 5.00. The van der Waals surface area contributed by atoms with E-state index < -0.39 is 0 Å². The lowest BCUT2D eigenvalue weighted by Gasteiger charge is -2.19. The Hall–Kier alpha value is -2.34. The molecule has 1 saturated heterocycles. The monoisotopic (exact) mass is 340 g/mol. The second-order valence-corrected chi connectivity index (χ2v) is 6.76. The first-order valence-electron chi connectivity index (χ1n) is 8.76. The fourth-order valence-electron chi connectivity index (χ4n) is 3.53. The summed E-state index contributed by atoms with van der Waals surface area (Å²) < 4.78 is 13.0. The molecular formula is C19H21FN4O. The number of halogens is 1. The van der Waals surface area contributed by atoms with E-state index in [1.165, 1.54) is 17.7 Å². The van der Waals surface area contributed by atoms with E-state index in [1.54, 1.807) is 12.1 Å². The van der Waals surface area contributed by atoms with E-state index in [-0.39, 0.29) is 17.6 Å². The van der Waals surface area contributed by atoms with Crippen molar-refractivity contribution in [2.75, 3.05) is 19.6 Å². The van der Waals surface area contributed by atoms with Crippen LogP contribution in [0.2, 0.25) is 0 Å². The molecule has 0 spiro atoms. The molecule has 130 valence electrons. The van der Waals surface area contributed by atoms with Crippen molar-refractivity contribution in [2.45, 2.75) is 31.7 Å². The Balaban J connectivity index is 1.40. The van der Waals surface area contributed by atoms with Crippen molar-refractivity contribution in [3.05, 3.63) is 58.9 Å². The molecule has 0 aliphatic carbocycles. The molecule has 25 heavy (non-hydrogen) atoms. The summed E-state index contributed by atoms with van der Waals surface area (Å²) >= 11 is 0. The first-order chi connectivity index (χ1) is 12.2. The van der Waals surface area contributed by atoms with Gasteiger partial charge in [-0.1, -0.05) is 12.1 Å². The van der Waals surface area contributed by atoms with Gasteiger partial charge in [-0.15, -0.1) is 0 Å². The van der Waals surface area contributed by atoms with Crippen LogP contribution < -0.4 is 5.32 Å². The number of nitrogens with one attached hydrogen (secondary N) is 1. The Morgan fingerprint density at radius 2 is 2.16 bits per heavy atom. The number of nitrogens with zero attached hydrogens (tertiary/aromatic N) is 3. The topological polar surface area (TPSA) is 58.1 Å². The average Bonchev–Trinajstić information content (AvgIpc) is 3.13. The Kier molecular flexibility index (Phi) is 4.44. The van der Waals surface area contributed by atoms with Gasteiger partial charge in [-0.25, -0.2) is 14.4 Å². The van der Waals surface area contributed by atoms with Crippen LogP contribution in [0.5, 0.6) is 0 Å². The van der Waals surface area contributed by atoms with Gasteiger partial charge < -0.3 is 10.2 Å². The lowest BCUT2D eigenvalue weighted by atomic mass is 10.1. The van der Waals surface area contributed by atoms with Crippen LogP contribution in [0.4, 0.5) is 4.39 Å². The van der Waals surface area contributed by atoms with Crippen LogP contribution in [0.15, 0.2) is 30.5 Å². The van der Waals surface area contributed by atoms with Gasteiger partial charge in [0.2, 0.25) is 5.91 Å². The summed E-state index contributed by atoms with van der Waals surface area (Å²) in [6.45, 7) is 3.18. The molecule has 6 heteroatoms. The zero-order valence-corrected chi connectivity index (χ0v) is 14.0. The van der Waals surface area contributed by atoms with Crippen LogP contribution >= 0.6 is 0 Å². The van der Waals surface area contributed by atoms with Gasteiger partial charge in [0.05, 0.1) is 6.42 Å². The molecule has 3 heterocycles. The number of hydrogen-bond donors (Lipinski definition) is 1. The van der Waals surface area contributed by atoms with Gasteiger partial charge in [0.1, 0.15) is 11.6 Å². The van der Waals surface area contributed by atoms with Crippen molar-refractivity contribution in [3.8, 4) is 0 Å². The number of carbonyl (C=O) groups is 1. The first kappa shape index (κ1) is 16.1. The summed E-state index contributed by atoms with van der Waals surface area (Å²) in [6.07, 6.45) is 4.06. The molecule has 1 aromatic carbocycles. The average molecular weight is 340 g/mol. The highest BCUT2D eigenvalue weighted by Gasteiger charge is 2.29. The molecule has 0 bridgehead atoms. The van der Waals surface area contributed by atoms with E-state index in [2.05, 4.69) is 10.3 Å². The number of fused-ring (bicyclic) bond motifs is 1. The number of amides is 1. The van der Waals surface area contributed by atoms with Gasteiger partial charge in [0.25, 0.3) is 0 Å². The predicted octanol–water partition coefficient (Wildman–Crippen LogP) is 1.82. The highest BCUT2D eigenvalue weighted by molar-refractivity contribution is 5.79. The van der Waals surface area contributed by atoms with Crippen molar-refractivity contribution in [1.82, 2.24) is 20.2 Å². The third-order valence-corrected chi connectivity index (χ3v) is 5.00. The minimum atomic E-state index is -0.280. The van der Waals surface area contributed by atoms with Gasteiger partial charge in [-0.3, -0.25) is 4.79 Å². The van der Waals surface area contributed by atoms with Crippen molar-refractivity contribution >= 4 is 5.91 Å². The Morgan fingerprint density at radius 1 is 1.32 bits per heavy atom. The zero-order valence-electron chi connectivity index (χ0n) is 14.0. The molecule has 1 aromatic heterocycles. The standard InChI is InChI=1S/C19H21FN4O/c20-16-3-1-13(2-4-16)9-18(25)24-8-6-14(12-24)19-22-11-15-10-21-7-5-17(15)23-19/h1-4,11,14,21H,5-10,12H2. The van der Waals surface area contributed by atoms with E-state index in [4.69, 9.17) is 4.98 Å². The molecule has 0 saturated carbocycles. The van der Waals surface area contributed by atoms with Crippen LogP contribution in [0.25, 0.3) is 0 Å². The SMILES string of the molecule is O=C(Cc1ccc(F)cc1)N1CCC(c2ncc3c(n2)CCNC3)C1. The van der Waals surface area contributed by atoms with Crippen LogP contribution in [-0.4, -0.2) is 40.4 Å². The minimum absolute atomic E-state index is 0.0799. The van der Waals surface area contributed by atoms with E-state index in [0.717, 1.165) is 49.6 Å². The van der Waals surface area contributed by atoms with E-state index >= 15 is 0 Å². The fraction of sp³-hybridized carbons (Fsp3) is 0.421. The third kappa shape index (κ3) is 3.54. The lowest BCUT2D eigenvalue weighted by Crippen LogP contribution is -2.30. The summed E-state index contributed by atoms with van der Waals surface area (Å²) in [6, 6.07) is 6.12. The quantitative estimate of drug-likeness (QED) is 0.926. The maximum Gasteiger partial charge on any atom is 0.227 e. The number of rotatable bonds is 3. The molecule has 5 nitrogen and oxygen atoms in total. The lowest BCUT2D eigenvalue weighted by molar-refractivity contribution is -0.129. The fourth-order valence-corrected chi connectivity index (χ4v) is 3.53. The highest BCUT2D eigenvalue weighted by atomic mass is 19.1. The number of likely N-dealkylation sites (tertiary alicyclic amines) is 1. The van der Waals surface area contributed by atoms with E-state index in [0.29, 0.717) is 13.0 Å². The zero-order chi connectivity index (χ0) is 17.2. The molecule has 1 fully saturated rings. The molecule has 1 amide bonds. The smallest absolute Gasteiger partial charge is 0.227 e. The Bertz CT molecular complexity index is 777. The van der Waals surface area contributed by atoms with E-state index in [1.807, 2.05) is 11.1 Å². The van der Waals surface area contributed by atoms with Gasteiger partial charge in [-0.2, -0.15) is 0 Å². The first-order valence-corrected chi connectivity index (χ1v) is 8.76. The predicted molar refractivity (Wildman–Crippen MR) is 91.5 cm³/mol. The Morgan fingerprint density at radius 3 is 3.00 bits per heavy atom. The summed E-state index contributed by atoms with van der Waals surface area (Å²) in [5, 5.41) is 3.32. The maximum atomic E-state index is 13.0. The molecular weight excluding hydrogens is 319 g/mol. The van der Waals surface area contributed by atoms with Crippen LogP contribution in [-0.2, 0) is 24.2 Å². The summed E-state index contributed by atoms with van der Waals surface area (Å²) in [5.41, 5.74) is 3.16. The number of aromatic nitrogens is 2. The number of benzene rings is 1. The Labute approximate surface area is 146 Å². The molecule has 2 aliphatic rings. The van der Waals surface area contributed by atoms with Gasteiger partial charge in [-0.05, 0) is 24.1 Å². The largest absolute Gasteiger partial charge is 0.342 e. The normalized spacial score (nSPS) is 19.7. The molecule has 2 aromatic rings. The molecule has 1 atom stereocenters. The highest BCUT2D eigenvalue weighted by Crippen LogP contribution is 2.26. The second-order valence-electron chi connectivity index (χ2n) is 6.76. The second kappa shape index (κ2) is 6.88. The van der Waals surface area contributed by atoms with Crippen LogP contribution in [0.1, 0.15) is 35.0 Å². The molecule has 2 aliphatic heterocycles. The van der Waals surface area contributed by atoms with Gasteiger partial charge >= 0.3 is 0 Å². The summed E-state index contributed by atoms with van der Waals surface area (Å²) in [7, 11) is 0. The van der Waals surface area contributed by atoms with Crippen molar-refractivity contribution < 1.29 is 9.18 Å².